The quantitative estimate of drug-likeness (QED) is 0.557. The van der Waals surface area contributed by atoms with Crippen LogP contribution in [0.3, 0.4) is 0 Å². The molecule has 2 rings (SSSR count). The minimum absolute atomic E-state index is 0.426. The third kappa shape index (κ3) is 7.19. The Morgan fingerprint density at radius 3 is 2.48 bits per heavy atom. The van der Waals surface area contributed by atoms with Gasteiger partial charge in [0.2, 0.25) is 0 Å². The van der Waals surface area contributed by atoms with Crippen LogP contribution in [0.15, 0.2) is 48.5 Å². The molecule has 0 aromatic heterocycles. The molecule has 2 N–H and O–H groups in total. The second kappa shape index (κ2) is 11.1. The van der Waals surface area contributed by atoms with Gasteiger partial charge in [0.15, 0.2) is 6.10 Å². The van der Waals surface area contributed by atoms with Crippen LogP contribution in [0.5, 0.6) is 17.2 Å². The maximum absolute atomic E-state index is 11.1. The first-order valence-corrected chi connectivity index (χ1v) is 9.08. The topological polar surface area (TPSA) is 77.0 Å². The molecule has 0 heterocycles. The second-order valence-electron chi connectivity index (χ2n) is 6.02. The van der Waals surface area contributed by atoms with E-state index < -0.39 is 12.1 Å². The van der Waals surface area contributed by atoms with Gasteiger partial charge in [0.1, 0.15) is 23.9 Å². The average Bonchev–Trinajstić information content (AvgIpc) is 2.69. The summed E-state index contributed by atoms with van der Waals surface area (Å²) in [5.74, 6) is 1.26. The lowest BCUT2D eigenvalue weighted by molar-refractivity contribution is -0.145. The first-order chi connectivity index (χ1) is 13.1. The van der Waals surface area contributed by atoms with E-state index in [1.54, 1.807) is 20.1 Å². The molecular weight excluding hydrogens is 346 g/mol. The van der Waals surface area contributed by atoms with E-state index in [-0.39, 0.29) is 0 Å². The van der Waals surface area contributed by atoms with Crippen molar-refractivity contribution in [2.45, 2.75) is 25.9 Å². The summed E-state index contributed by atoms with van der Waals surface area (Å²) in [6, 6.07) is 15.1. The first kappa shape index (κ1) is 20.6. The van der Waals surface area contributed by atoms with E-state index in [9.17, 15) is 4.79 Å². The molecule has 0 bridgehead atoms. The molecule has 0 saturated carbocycles. The molecule has 0 aliphatic heterocycles. The average molecular weight is 373 g/mol. The molecule has 0 spiro atoms. The van der Waals surface area contributed by atoms with Crippen LogP contribution in [0.25, 0.3) is 0 Å². The molecule has 1 atom stereocenters. The number of methoxy groups -OCH3 is 1. The van der Waals surface area contributed by atoms with Crippen LogP contribution >= 0.6 is 0 Å². The van der Waals surface area contributed by atoms with Crippen LogP contribution in [0.4, 0.5) is 0 Å². The van der Waals surface area contributed by atoms with E-state index in [0.717, 1.165) is 36.6 Å². The van der Waals surface area contributed by atoms with Crippen molar-refractivity contribution in [3.05, 3.63) is 54.1 Å². The highest BCUT2D eigenvalue weighted by Gasteiger charge is 2.16. The third-order valence-corrected chi connectivity index (χ3v) is 4.02. The zero-order valence-electron chi connectivity index (χ0n) is 15.8. The van der Waals surface area contributed by atoms with E-state index >= 15 is 0 Å². The molecule has 146 valence electrons. The fourth-order valence-electron chi connectivity index (χ4n) is 2.52. The van der Waals surface area contributed by atoms with Gasteiger partial charge >= 0.3 is 5.97 Å². The van der Waals surface area contributed by atoms with Crippen LogP contribution in [0.2, 0.25) is 0 Å². The summed E-state index contributed by atoms with van der Waals surface area (Å²) < 4.78 is 16.3. The number of ether oxygens (including phenoxy) is 3. The molecule has 0 radical (unpaired) electrons. The fraction of sp³-hybridized carbons (Fsp3) is 0.381. The van der Waals surface area contributed by atoms with Gasteiger partial charge in [-0.05, 0) is 61.3 Å². The normalized spacial score (nSPS) is 11.6. The van der Waals surface area contributed by atoms with Crippen molar-refractivity contribution in [2.75, 3.05) is 26.8 Å². The molecule has 6 nitrogen and oxygen atoms in total. The van der Waals surface area contributed by atoms with Gasteiger partial charge in [0.25, 0.3) is 0 Å². The second-order valence-corrected chi connectivity index (χ2v) is 6.02. The van der Waals surface area contributed by atoms with Crippen molar-refractivity contribution in [3.63, 3.8) is 0 Å². The number of aliphatic carboxylic acids is 1. The molecule has 1 unspecified atom stereocenters. The van der Waals surface area contributed by atoms with Gasteiger partial charge in [0, 0.05) is 6.54 Å². The Hall–Kier alpha value is -2.73. The van der Waals surface area contributed by atoms with Gasteiger partial charge in [-0.3, -0.25) is 0 Å². The number of carbonyl (C=O) groups is 1. The minimum Gasteiger partial charge on any atom is -0.497 e. The standard InChI is InChI=1S/C21H27NO5/c1-3-20(21(23)24)27-19-6-4-5-16(15-19)11-12-22-13-14-26-18-9-7-17(25-2)8-10-18/h4-10,15,20,22H,3,11-14H2,1-2H3,(H,23,24). The van der Waals surface area contributed by atoms with E-state index in [4.69, 9.17) is 19.3 Å². The minimum atomic E-state index is -0.943. The van der Waals surface area contributed by atoms with Gasteiger partial charge < -0.3 is 24.6 Å². The largest absolute Gasteiger partial charge is 0.497 e. The number of carboxylic acid groups (broad SMARTS) is 1. The highest BCUT2D eigenvalue weighted by Crippen LogP contribution is 2.17. The zero-order valence-corrected chi connectivity index (χ0v) is 15.8. The Kier molecular flexibility index (Phi) is 8.45. The smallest absolute Gasteiger partial charge is 0.344 e. The highest BCUT2D eigenvalue weighted by molar-refractivity contribution is 5.72. The van der Waals surface area contributed by atoms with E-state index in [0.29, 0.717) is 18.8 Å². The van der Waals surface area contributed by atoms with Crippen LogP contribution in [0.1, 0.15) is 18.9 Å². The number of carboxylic acids is 1. The van der Waals surface area contributed by atoms with E-state index in [1.807, 2.05) is 42.5 Å². The van der Waals surface area contributed by atoms with Gasteiger partial charge in [-0.2, -0.15) is 0 Å². The summed E-state index contributed by atoms with van der Waals surface area (Å²) in [6.45, 7) is 3.90. The number of hydrogen-bond donors (Lipinski definition) is 2. The summed E-state index contributed by atoms with van der Waals surface area (Å²) in [5, 5.41) is 12.4. The monoisotopic (exact) mass is 373 g/mol. The fourth-order valence-corrected chi connectivity index (χ4v) is 2.52. The van der Waals surface area contributed by atoms with Crippen LogP contribution in [-0.4, -0.2) is 44.0 Å². The zero-order chi connectivity index (χ0) is 19.5. The van der Waals surface area contributed by atoms with Crippen LogP contribution in [0, 0.1) is 0 Å². The Bertz CT molecular complexity index is 702. The molecule has 0 fully saturated rings. The van der Waals surface area contributed by atoms with Crippen molar-refractivity contribution in [1.29, 1.82) is 0 Å². The predicted octanol–water partition coefficient (Wildman–Crippen LogP) is 3.15. The molecule has 27 heavy (non-hydrogen) atoms. The van der Waals surface area contributed by atoms with Crippen molar-refractivity contribution < 1.29 is 24.1 Å². The number of hydrogen-bond acceptors (Lipinski definition) is 5. The van der Waals surface area contributed by atoms with Gasteiger partial charge in [-0.15, -0.1) is 0 Å². The Morgan fingerprint density at radius 2 is 1.81 bits per heavy atom. The summed E-state index contributed by atoms with van der Waals surface area (Å²) in [7, 11) is 1.63. The summed E-state index contributed by atoms with van der Waals surface area (Å²) >= 11 is 0. The Balaban J connectivity index is 1.67. The Morgan fingerprint density at radius 1 is 1.07 bits per heavy atom. The number of benzene rings is 2. The molecule has 0 amide bonds. The van der Waals surface area contributed by atoms with Gasteiger partial charge in [-0.25, -0.2) is 4.79 Å². The lowest BCUT2D eigenvalue weighted by Gasteiger charge is -2.14. The number of rotatable bonds is 12. The highest BCUT2D eigenvalue weighted by atomic mass is 16.5. The van der Waals surface area contributed by atoms with Crippen molar-refractivity contribution >= 4 is 5.97 Å². The summed E-state index contributed by atoms with van der Waals surface area (Å²) in [5.41, 5.74) is 1.09. The molecule has 0 saturated heterocycles. The molecule has 0 aliphatic rings. The van der Waals surface area contributed by atoms with Crippen molar-refractivity contribution in [2.24, 2.45) is 0 Å². The van der Waals surface area contributed by atoms with E-state index in [1.165, 1.54) is 0 Å². The number of nitrogens with one attached hydrogen (secondary N) is 1. The molecule has 6 heteroatoms. The van der Waals surface area contributed by atoms with Crippen molar-refractivity contribution in [3.8, 4) is 17.2 Å². The summed E-state index contributed by atoms with van der Waals surface area (Å²) in [4.78, 5) is 11.1. The van der Waals surface area contributed by atoms with Gasteiger partial charge in [0.05, 0.1) is 7.11 Å². The SMILES string of the molecule is CCC(Oc1cccc(CCNCCOc2ccc(OC)cc2)c1)C(=O)O. The van der Waals surface area contributed by atoms with Gasteiger partial charge in [-0.1, -0.05) is 19.1 Å². The van der Waals surface area contributed by atoms with Crippen LogP contribution in [-0.2, 0) is 11.2 Å². The molecule has 0 aliphatic carbocycles. The molecule has 2 aromatic carbocycles. The van der Waals surface area contributed by atoms with Crippen molar-refractivity contribution in [1.82, 2.24) is 5.32 Å². The lowest BCUT2D eigenvalue weighted by atomic mass is 10.1. The lowest BCUT2D eigenvalue weighted by Crippen LogP contribution is -2.26. The third-order valence-electron chi connectivity index (χ3n) is 4.02. The first-order valence-electron chi connectivity index (χ1n) is 9.08. The Labute approximate surface area is 160 Å². The maximum Gasteiger partial charge on any atom is 0.344 e. The molecule has 2 aromatic rings. The maximum atomic E-state index is 11.1. The van der Waals surface area contributed by atoms with Crippen LogP contribution < -0.4 is 19.5 Å². The predicted molar refractivity (Wildman–Crippen MR) is 104 cm³/mol. The molecular formula is C21H27NO5. The van der Waals surface area contributed by atoms with E-state index in [2.05, 4.69) is 5.32 Å². The summed E-state index contributed by atoms with van der Waals surface area (Å²) in [6.07, 6.45) is 0.437.